The number of benzene rings is 1. The fraction of sp³-hybridized carbons (Fsp3) is 0.409. The Morgan fingerprint density at radius 2 is 1.57 bits per heavy atom. The molecule has 0 saturated heterocycles. The third kappa shape index (κ3) is 5.39. The van der Waals surface area contributed by atoms with Gasteiger partial charge in [-0.15, -0.1) is 0 Å². The summed E-state index contributed by atoms with van der Waals surface area (Å²) < 4.78 is 4.92. The summed E-state index contributed by atoms with van der Waals surface area (Å²) in [5.74, 6) is -0.0336. The lowest BCUT2D eigenvalue weighted by Crippen LogP contribution is -2.27. The smallest absolute Gasteiger partial charge is 0.257 e. The molecule has 6 nitrogen and oxygen atoms in total. The number of para-hydroxylation sites is 1. The zero-order valence-corrected chi connectivity index (χ0v) is 17.2. The van der Waals surface area contributed by atoms with E-state index in [1.807, 2.05) is 18.2 Å². The largest absolute Gasteiger partial charge is 0.383 e. The Bertz CT molecular complexity index is 805. The van der Waals surface area contributed by atoms with E-state index in [1.54, 1.807) is 13.2 Å². The van der Waals surface area contributed by atoms with Gasteiger partial charge in [-0.2, -0.15) is 0 Å². The van der Waals surface area contributed by atoms with Crippen molar-refractivity contribution in [3.63, 3.8) is 0 Å². The van der Waals surface area contributed by atoms with Gasteiger partial charge >= 0.3 is 0 Å². The number of hydrogen-bond donors (Lipinski definition) is 2. The molecular formula is C22H29N3O3. The minimum Gasteiger partial charge on any atom is -0.383 e. The zero-order valence-electron chi connectivity index (χ0n) is 17.2. The maximum atomic E-state index is 12.9. The van der Waals surface area contributed by atoms with E-state index < -0.39 is 0 Å². The van der Waals surface area contributed by atoms with Crippen molar-refractivity contribution < 1.29 is 14.3 Å². The second-order valence-electron chi connectivity index (χ2n) is 7.29. The topological polar surface area (TPSA) is 80.3 Å². The molecule has 0 radical (unpaired) electrons. The molecule has 2 amide bonds. The SMILES string of the molecule is COCCNC(=O)c1cncc(C(=O)Nc2c(C(C)C)cccc2C(C)C)c1. The highest BCUT2D eigenvalue weighted by atomic mass is 16.5. The van der Waals surface area contributed by atoms with Crippen molar-refractivity contribution in [1.82, 2.24) is 10.3 Å². The molecule has 2 N–H and O–H groups in total. The number of carbonyl (C=O) groups is 2. The van der Waals surface area contributed by atoms with E-state index in [2.05, 4.69) is 43.3 Å². The average Bonchev–Trinajstić information content (AvgIpc) is 2.67. The van der Waals surface area contributed by atoms with Crippen LogP contribution in [-0.2, 0) is 4.74 Å². The van der Waals surface area contributed by atoms with E-state index in [1.165, 1.54) is 12.4 Å². The van der Waals surface area contributed by atoms with Crippen molar-refractivity contribution in [2.24, 2.45) is 0 Å². The summed E-state index contributed by atoms with van der Waals surface area (Å²) in [6.45, 7) is 9.21. The van der Waals surface area contributed by atoms with Crippen molar-refractivity contribution in [2.45, 2.75) is 39.5 Å². The lowest BCUT2D eigenvalue weighted by molar-refractivity contribution is 0.0936. The molecule has 1 aromatic heterocycles. The number of carbonyl (C=O) groups excluding carboxylic acids is 2. The average molecular weight is 383 g/mol. The molecule has 6 heteroatoms. The summed E-state index contributed by atoms with van der Waals surface area (Å²) in [5.41, 5.74) is 3.69. The molecule has 0 bridgehead atoms. The molecule has 0 fully saturated rings. The molecule has 0 aliphatic rings. The molecule has 0 atom stereocenters. The van der Waals surface area contributed by atoms with E-state index in [4.69, 9.17) is 4.74 Å². The van der Waals surface area contributed by atoms with Crippen LogP contribution in [0.2, 0.25) is 0 Å². The molecule has 28 heavy (non-hydrogen) atoms. The van der Waals surface area contributed by atoms with Crippen LogP contribution in [0.3, 0.4) is 0 Å². The molecule has 150 valence electrons. The van der Waals surface area contributed by atoms with Gasteiger partial charge in [-0.05, 0) is 29.0 Å². The summed E-state index contributed by atoms with van der Waals surface area (Å²) >= 11 is 0. The van der Waals surface area contributed by atoms with Crippen molar-refractivity contribution in [2.75, 3.05) is 25.6 Å². The Labute approximate surface area is 166 Å². The Morgan fingerprint density at radius 3 is 2.11 bits per heavy atom. The van der Waals surface area contributed by atoms with Crippen LogP contribution in [0, 0.1) is 0 Å². The van der Waals surface area contributed by atoms with Crippen molar-refractivity contribution in [3.8, 4) is 0 Å². The van der Waals surface area contributed by atoms with Gasteiger partial charge in [-0.1, -0.05) is 45.9 Å². The molecule has 1 aromatic carbocycles. The summed E-state index contributed by atoms with van der Waals surface area (Å²) in [6, 6.07) is 7.64. The normalized spacial score (nSPS) is 11.0. The third-order valence-electron chi connectivity index (χ3n) is 4.47. The lowest BCUT2D eigenvalue weighted by Gasteiger charge is -2.20. The monoisotopic (exact) mass is 383 g/mol. The van der Waals surface area contributed by atoms with Gasteiger partial charge in [0.1, 0.15) is 0 Å². The number of anilines is 1. The second-order valence-corrected chi connectivity index (χ2v) is 7.29. The van der Waals surface area contributed by atoms with E-state index in [0.29, 0.717) is 24.3 Å². The van der Waals surface area contributed by atoms with Crippen LogP contribution >= 0.6 is 0 Å². The standard InChI is InChI=1S/C22H29N3O3/c1-14(2)18-7-6-8-19(15(3)4)20(18)25-22(27)17-11-16(12-23-13-17)21(26)24-9-10-28-5/h6-8,11-15H,9-10H2,1-5H3,(H,24,26)(H,25,27). The minimum absolute atomic E-state index is 0.269. The van der Waals surface area contributed by atoms with Crippen LogP contribution in [0.25, 0.3) is 0 Å². The quantitative estimate of drug-likeness (QED) is 0.676. The van der Waals surface area contributed by atoms with Gasteiger partial charge in [0, 0.05) is 31.7 Å². The van der Waals surface area contributed by atoms with Crippen molar-refractivity contribution >= 4 is 17.5 Å². The maximum absolute atomic E-state index is 12.9. The minimum atomic E-state index is -0.287. The van der Waals surface area contributed by atoms with Gasteiger partial charge < -0.3 is 15.4 Å². The fourth-order valence-corrected chi connectivity index (χ4v) is 2.94. The van der Waals surface area contributed by atoms with E-state index in [-0.39, 0.29) is 23.7 Å². The molecule has 0 unspecified atom stereocenters. The highest BCUT2D eigenvalue weighted by Gasteiger charge is 2.18. The van der Waals surface area contributed by atoms with Crippen LogP contribution < -0.4 is 10.6 Å². The lowest BCUT2D eigenvalue weighted by atomic mass is 9.92. The Hall–Kier alpha value is -2.73. The van der Waals surface area contributed by atoms with E-state index >= 15 is 0 Å². The highest BCUT2D eigenvalue weighted by Crippen LogP contribution is 2.32. The number of methoxy groups -OCH3 is 1. The Balaban J connectivity index is 2.27. The van der Waals surface area contributed by atoms with Crippen molar-refractivity contribution in [1.29, 1.82) is 0 Å². The van der Waals surface area contributed by atoms with Gasteiger partial charge in [0.05, 0.1) is 17.7 Å². The predicted octanol–water partition coefficient (Wildman–Crippen LogP) is 3.96. The number of ether oxygens (including phenoxy) is 1. The van der Waals surface area contributed by atoms with Gasteiger partial charge in [-0.3, -0.25) is 14.6 Å². The number of hydrogen-bond acceptors (Lipinski definition) is 4. The molecule has 1 heterocycles. The van der Waals surface area contributed by atoms with Crippen LogP contribution in [0.15, 0.2) is 36.7 Å². The summed E-state index contributed by atoms with van der Waals surface area (Å²) in [6.07, 6.45) is 2.91. The first-order valence-electron chi connectivity index (χ1n) is 9.51. The molecule has 0 spiro atoms. The first-order valence-corrected chi connectivity index (χ1v) is 9.51. The number of amides is 2. The molecular weight excluding hydrogens is 354 g/mol. The van der Waals surface area contributed by atoms with E-state index in [9.17, 15) is 9.59 Å². The number of nitrogens with one attached hydrogen (secondary N) is 2. The molecule has 2 rings (SSSR count). The second kappa shape index (κ2) is 9.99. The number of nitrogens with zero attached hydrogens (tertiary/aromatic N) is 1. The molecule has 0 aliphatic carbocycles. The Kier molecular flexibility index (Phi) is 7.70. The van der Waals surface area contributed by atoms with Crippen LogP contribution in [0.5, 0.6) is 0 Å². The Morgan fingerprint density at radius 1 is 1.00 bits per heavy atom. The summed E-state index contributed by atoms with van der Waals surface area (Å²) in [7, 11) is 1.57. The van der Waals surface area contributed by atoms with E-state index in [0.717, 1.165) is 16.8 Å². The summed E-state index contributed by atoms with van der Waals surface area (Å²) in [5, 5.41) is 5.77. The number of pyridine rings is 1. The van der Waals surface area contributed by atoms with Gasteiger partial charge in [0.25, 0.3) is 11.8 Å². The van der Waals surface area contributed by atoms with Gasteiger partial charge in [0.15, 0.2) is 0 Å². The first kappa shape index (κ1) is 21.6. The first-order chi connectivity index (χ1) is 13.3. The van der Waals surface area contributed by atoms with Crippen LogP contribution in [-0.4, -0.2) is 37.1 Å². The maximum Gasteiger partial charge on any atom is 0.257 e. The van der Waals surface area contributed by atoms with Gasteiger partial charge in [-0.25, -0.2) is 0 Å². The number of rotatable bonds is 8. The predicted molar refractivity (Wildman–Crippen MR) is 111 cm³/mol. The van der Waals surface area contributed by atoms with Gasteiger partial charge in [0.2, 0.25) is 0 Å². The molecule has 0 aliphatic heterocycles. The van der Waals surface area contributed by atoms with Crippen molar-refractivity contribution in [3.05, 3.63) is 58.9 Å². The van der Waals surface area contributed by atoms with Crippen LogP contribution in [0.1, 0.15) is 71.4 Å². The third-order valence-corrected chi connectivity index (χ3v) is 4.47. The fourth-order valence-electron chi connectivity index (χ4n) is 2.94. The molecule has 0 saturated carbocycles. The highest BCUT2D eigenvalue weighted by molar-refractivity contribution is 6.06. The summed E-state index contributed by atoms with van der Waals surface area (Å²) in [4.78, 5) is 29.2. The van der Waals surface area contributed by atoms with Crippen LogP contribution in [0.4, 0.5) is 5.69 Å². The zero-order chi connectivity index (χ0) is 20.7. The number of aromatic nitrogens is 1. The molecule has 2 aromatic rings.